The molecule has 1 aliphatic heterocycles. The molecule has 0 saturated carbocycles. The zero-order valence-corrected chi connectivity index (χ0v) is 11.6. The molecule has 104 valence electrons. The van der Waals surface area contributed by atoms with Crippen LogP contribution in [0.25, 0.3) is 0 Å². The molecule has 1 atom stereocenters. The van der Waals surface area contributed by atoms with E-state index in [-0.39, 0.29) is 17.9 Å². The summed E-state index contributed by atoms with van der Waals surface area (Å²) >= 11 is 1.40. The fourth-order valence-corrected chi connectivity index (χ4v) is 2.97. The number of thiophene rings is 1. The van der Waals surface area contributed by atoms with Crippen LogP contribution in [-0.4, -0.2) is 42.4 Å². The molecule has 2 rings (SSSR count). The number of rotatable bonds is 5. The Bertz CT molecular complexity index is 433. The van der Waals surface area contributed by atoms with Crippen LogP contribution in [0, 0.1) is 0 Å². The first-order chi connectivity index (χ1) is 9.22. The molecular weight excluding hydrogens is 262 g/mol. The van der Waals surface area contributed by atoms with Crippen molar-refractivity contribution in [3.8, 4) is 0 Å². The third-order valence-electron chi connectivity index (χ3n) is 3.34. The van der Waals surface area contributed by atoms with E-state index in [1.807, 2.05) is 16.3 Å². The van der Waals surface area contributed by atoms with E-state index >= 15 is 0 Å². The first kappa shape index (κ1) is 14.0. The molecule has 2 amide bonds. The van der Waals surface area contributed by atoms with Gasteiger partial charge in [0, 0.05) is 32.1 Å². The van der Waals surface area contributed by atoms with Gasteiger partial charge in [-0.05, 0) is 24.3 Å². The summed E-state index contributed by atoms with van der Waals surface area (Å²) in [7, 11) is 0. The average Bonchev–Trinajstić information content (AvgIpc) is 3.09. The third kappa shape index (κ3) is 3.54. The molecule has 2 heterocycles. The van der Waals surface area contributed by atoms with E-state index < -0.39 is 0 Å². The highest BCUT2D eigenvalue weighted by Crippen LogP contribution is 2.16. The SMILES string of the molecule is NCC1CCCN1C(=O)CCNC(=O)c1cccs1. The van der Waals surface area contributed by atoms with Gasteiger partial charge in [0.25, 0.3) is 5.91 Å². The van der Waals surface area contributed by atoms with Gasteiger partial charge in [-0.1, -0.05) is 6.07 Å². The van der Waals surface area contributed by atoms with E-state index in [4.69, 9.17) is 5.73 Å². The van der Waals surface area contributed by atoms with Crippen LogP contribution >= 0.6 is 11.3 Å². The minimum Gasteiger partial charge on any atom is -0.351 e. The van der Waals surface area contributed by atoms with E-state index in [1.165, 1.54) is 11.3 Å². The second-order valence-electron chi connectivity index (χ2n) is 4.60. The van der Waals surface area contributed by atoms with Crippen molar-refractivity contribution in [3.05, 3.63) is 22.4 Å². The van der Waals surface area contributed by atoms with Gasteiger partial charge >= 0.3 is 0 Å². The van der Waals surface area contributed by atoms with E-state index in [1.54, 1.807) is 6.07 Å². The molecule has 0 bridgehead atoms. The number of nitrogens with two attached hydrogens (primary N) is 1. The lowest BCUT2D eigenvalue weighted by Gasteiger charge is -2.23. The Hall–Kier alpha value is -1.40. The average molecular weight is 281 g/mol. The minimum absolute atomic E-state index is 0.0828. The van der Waals surface area contributed by atoms with Crippen molar-refractivity contribution in [1.82, 2.24) is 10.2 Å². The summed E-state index contributed by atoms with van der Waals surface area (Å²) in [5, 5.41) is 4.62. The number of carbonyl (C=O) groups excluding carboxylic acids is 2. The fourth-order valence-electron chi connectivity index (χ4n) is 2.33. The summed E-state index contributed by atoms with van der Waals surface area (Å²) in [6, 6.07) is 3.79. The van der Waals surface area contributed by atoms with Gasteiger partial charge < -0.3 is 16.0 Å². The maximum Gasteiger partial charge on any atom is 0.261 e. The van der Waals surface area contributed by atoms with E-state index in [0.717, 1.165) is 19.4 Å². The Morgan fingerprint density at radius 2 is 2.37 bits per heavy atom. The lowest BCUT2D eigenvalue weighted by molar-refractivity contribution is -0.131. The molecule has 19 heavy (non-hydrogen) atoms. The van der Waals surface area contributed by atoms with Crippen LogP contribution in [0.1, 0.15) is 28.9 Å². The highest BCUT2D eigenvalue weighted by Gasteiger charge is 2.26. The first-order valence-corrected chi connectivity index (χ1v) is 7.41. The van der Waals surface area contributed by atoms with Crippen LogP contribution in [-0.2, 0) is 4.79 Å². The second kappa shape index (κ2) is 6.68. The standard InChI is InChI=1S/C13H19N3O2S/c14-9-10-3-1-7-16(10)12(17)5-6-15-13(18)11-4-2-8-19-11/h2,4,8,10H,1,3,5-7,9,14H2,(H,15,18). The summed E-state index contributed by atoms with van der Waals surface area (Å²) in [6.07, 6.45) is 2.35. The Labute approximate surface area is 116 Å². The monoisotopic (exact) mass is 281 g/mol. The van der Waals surface area contributed by atoms with Gasteiger partial charge in [0.2, 0.25) is 5.91 Å². The Morgan fingerprint density at radius 1 is 1.53 bits per heavy atom. The molecule has 0 aromatic carbocycles. The molecule has 1 aromatic rings. The third-order valence-corrected chi connectivity index (χ3v) is 4.21. The van der Waals surface area contributed by atoms with Crippen molar-refractivity contribution in [1.29, 1.82) is 0 Å². The van der Waals surface area contributed by atoms with Crippen molar-refractivity contribution in [3.63, 3.8) is 0 Å². The minimum atomic E-state index is -0.111. The first-order valence-electron chi connectivity index (χ1n) is 6.53. The Balaban J connectivity index is 1.73. The predicted octanol–water partition coefficient (Wildman–Crippen LogP) is 0.818. The molecule has 1 aromatic heterocycles. The van der Waals surface area contributed by atoms with Crippen molar-refractivity contribution >= 4 is 23.2 Å². The zero-order chi connectivity index (χ0) is 13.7. The Morgan fingerprint density at radius 3 is 3.05 bits per heavy atom. The van der Waals surface area contributed by atoms with Gasteiger partial charge in [-0.15, -0.1) is 11.3 Å². The van der Waals surface area contributed by atoms with Gasteiger partial charge in [-0.2, -0.15) is 0 Å². The number of hydrogen-bond acceptors (Lipinski definition) is 4. The molecule has 1 fully saturated rings. The fraction of sp³-hybridized carbons (Fsp3) is 0.538. The number of hydrogen-bond donors (Lipinski definition) is 2. The molecular formula is C13H19N3O2S. The van der Waals surface area contributed by atoms with Gasteiger partial charge in [0.15, 0.2) is 0 Å². The van der Waals surface area contributed by atoms with Crippen LogP contribution in [0.15, 0.2) is 17.5 Å². The summed E-state index contributed by atoms with van der Waals surface area (Å²) in [5.74, 6) is -0.0287. The van der Waals surface area contributed by atoms with Crippen molar-refractivity contribution in [2.75, 3.05) is 19.6 Å². The molecule has 5 nitrogen and oxygen atoms in total. The van der Waals surface area contributed by atoms with Crippen molar-refractivity contribution < 1.29 is 9.59 Å². The van der Waals surface area contributed by atoms with Gasteiger partial charge in [-0.3, -0.25) is 9.59 Å². The van der Waals surface area contributed by atoms with Gasteiger partial charge in [0.05, 0.1) is 4.88 Å². The maximum absolute atomic E-state index is 12.0. The molecule has 1 unspecified atom stereocenters. The van der Waals surface area contributed by atoms with Crippen molar-refractivity contribution in [2.45, 2.75) is 25.3 Å². The highest BCUT2D eigenvalue weighted by atomic mass is 32.1. The van der Waals surface area contributed by atoms with E-state index in [9.17, 15) is 9.59 Å². The van der Waals surface area contributed by atoms with Gasteiger partial charge in [-0.25, -0.2) is 0 Å². The maximum atomic E-state index is 12.0. The zero-order valence-electron chi connectivity index (χ0n) is 10.8. The number of nitrogens with zero attached hydrogens (tertiary/aromatic N) is 1. The van der Waals surface area contributed by atoms with Crippen LogP contribution in [0.4, 0.5) is 0 Å². The molecule has 0 radical (unpaired) electrons. The number of amides is 2. The normalized spacial score (nSPS) is 18.6. The molecule has 1 saturated heterocycles. The summed E-state index contributed by atoms with van der Waals surface area (Å²) in [5.41, 5.74) is 5.64. The largest absolute Gasteiger partial charge is 0.351 e. The van der Waals surface area contributed by atoms with E-state index in [2.05, 4.69) is 5.32 Å². The molecule has 0 aliphatic carbocycles. The van der Waals surface area contributed by atoms with Crippen LogP contribution in [0.2, 0.25) is 0 Å². The molecule has 1 aliphatic rings. The lowest BCUT2D eigenvalue weighted by atomic mass is 10.2. The van der Waals surface area contributed by atoms with Gasteiger partial charge in [0.1, 0.15) is 0 Å². The second-order valence-corrected chi connectivity index (χ2v) is 5.55. The number of carbonyl (C=O) groups is 2. The topological polar surface area (TPSA) is 75.4 Å². The predicted molar refractivity (Wildman–Crippen MR) is 75.1 cm³/mol. The smallest absolute Gasteiger partial charge is 0.261 e. The molecule has 0 spiro atoms. The molecule has 6 heteroatoms. The summed E-state index contributed by atoms with van der Waals surface area (Å²) in [6.45, 7) is 1.69. The highest BCUT2D eigenvalue weighted by molar-refractivity contribution is 7.12. The van der Waals surface area contributed by atoms with Crippen LogP contribution in [0.3, 0.4) is 0 Å². The van der Waals surface area contributed by atoms with Crippen LogP contribution in [0.5, 0.6) is 0 Å². The molecule has 3 N–H and O–H groups in total. The lowest BCUT2D eigenvalue weighted by Crippen LogP contribution is -2.41. The quantitative estimate of drug-likeness (QED) is 0.839. The van der Waals surface area contributed by atoms with E-state index in [0.29, 0.717) is 24.4 Å². The number of likely N-dealkylation sites (tertiary alicyclic amines) is 1. The number of nitrogens with one attached hydrogen (secondary N) is 1. The summed E-state index contributed by atoms with van der Waals surface area (Å²) in [4.78, 5) is 26.2. The van der Waals surface area contributed by atoms with Crippen molar-refractivity contribution in [2.24, 2.45) is 5.73 Å². The van der Waals surface area contributed by atoms with Crippen LogP contribution < -0.4 is 11.1 Å². The Kier molecular flexibility index (Phi) is 4.93. The summed E-state index contributed by atoms with van der Waals surface area (Å²) < 4.78 is 0.